The van der Waals surface area contributed by atoms with E-state index in [1.165, 1.54) is 18.2 Å². The fourth-order valence-corrected chi connectivity index (χ4v) is 4.78. The van der Waals surface area contributed by atoms with Gasteiger partial charge in [-0.1, -0.05) is 41.8 Å². The minimum atomic E-state index is -3.54. The summed E-state index contributed by atoms with van der Waals surface area (Å²) in [7, 11) is -3.54. The Hall–Kier alpha value is -2.42. The highest BCUT2D eigenvalue weighted by Gasteiger charge is 2.29. The Morgan fingerprint density at radius 2 is 1.81 bits per heavy atom. The Labute approximate surface area is 190 Å². The molecule has 0 unspecified atom stereocenters. The lowest BCUT2D eigenvalue weighted by molar-refractivity contribution is -0.142. The molecule has 31 heavy (non-hydrogen) atoms. The number of carbonyl (C=O) groups is 2. The average Bonchev–Trinajstić information content (AvgIpc) is 2.99. The smallest absolute Gasteiger partial charge is 0.306 e. The summed E-state index contributed by atoms with van der Waals surface area (Å²) in [5.74, 6) is -0.526. The third kappa shape index (κ3) is 6.06. The van der Waals surface area contributed by atoms with Crippen molar-refractivity contribution in [3.63, 3.8) is 0 Å². The van der Waals surface area contributed by atoms with E-state index >= 15 is 0 Å². The number of sulfonamides is 1. The number of unbranched alkanes of at least 4 members (excludes halogenated alkanes) is 2. The van der Waals surface area contributed by atoms with Gasteiger partial charge in [-0.15, -0.1) is 0 Å². The Balaban J connectivity index is 1.36. The van der Waals surface area contributed by atoms with Gasteiger partial charge in [-0.05, 0) is 43.2 Å². The number of fused-ring (bicyclic) bond motifs is 1. The second-order valence-corrected chi connectivity index (χ2v) is 9.35. The fourth-order valence-electron chi connectivity index (χ4n) is 3.01. The molecule has 0 atom stereocenters. The van der Waals surface area contributed by atoms with E-state index in [9.17, 15) is 18.0 Å². The maximum atomic E-state index is 12.1. The van der Waals surface area contributed by atoms with Crippen LogP contribution in [0.1, 0.15) is 41.6 Å². The van der Waals surface area contributed by atoms with Crippen LogP contribution in [0.15, 0.2) is 52.4 Å². The van der Waals surface area contributed by atoms with Crippen LogP contribution in [0, 0.1) is 0 Å². The van der Waals surface area contributed by atoms with E-state index in [1.807, 2.05) is 0 Å². The molecule has 1 heterocycles. The highest BCUT2D eigenvalue weighted by atomic mass is 35.5. The molecule has 0 saturated heterocycles. The molecule has 1 aliphatic heterocycles. The number of Topliss-reactive ketones (excluding diaryl/α,β-unsaturated/α-hetero) is 1. The van der Waals surface area contributed by atoms with Crippen LogP contribution in [0.2, 0.25) is 10.0 Å². The zero-order valence-corrected chi connectivity index (χ0v) is 18.8. The number of esters is 1. The van der Waals surface area contributed by atoms with Crippen LogP contribution in [0.25, 0.3) is 0 Å². The lowest BCUT2D eigenvalue weighted by Gasteiger charge is -2.06. The summed E-state index contributed by atoms with van der Waals surface area (Å²) in [6.45, 7) is 0.0438. The summed E-state index contributed by atoms with van der Waals surface area (Å²) < 4.78 is 31.5. The summed E-state index contributed by atoms with van der Waals surface area (Å²) in [5, 5.41) is 0.626. The molecule has 2 aromatic rings. The molecule has 2 aromatic carbocycles. The number of hydrogen-bond acceptors (Lipinski definition) is 6. The number of hydrogen-bond donors (Lipinski definition) is 1. The second-order valence-electron chi connectivity index (χ2n) is 6.85. The van der Waals surface area contributed by atoms with Gasteiger partial charge in [0, 0.05) is 29.1 Å². The molecule has 7 nitrogen and oxygen atoms in total. The molecule has 0 aliphatic carbocycles. The third-order valence-electron chi connectivity index (χ3n) is 4.57. The largest absolute Gasteiger partial charge is 0.457 e. The molecule has 0 fully saturated rings. The van der Waals surface area contributed by atoms with Gasteiger partial charge >= 0.3 is 5.97 Å². The Morgan fingerprint density at radius 3 is 2.58 bits per heavy atom. The van der Waals surface area contributed by atoms with Crippen molar-refractivity contribution >= 4 is 50.8 Å². The fraction of sp³-hybridized carbons (Fsp3) is 0.286. The lowest BCUT2D eigenvalue weighted by atomic mass is 10.1. The lowest BCUT2D eigenvalue weighted by Crippen LogP contribution is -2.22. The molecule has 0 bridgehead atoms. The summed E-state index contributed by atoms with van der Waals surface area (Å²) in [6.07, 6.45) is 2.13. The second kappa shape index (κ2) is 10.3. The molecule has 1 aliphatic rings. The van der Waals surface area contributed by atoms with Crippen LogP contribution >= 0.6 is 23.2 Å². The van der Waals surface area contributed by atoms with Crippen molar-refractivity contribution in [2.75, 3.05) is 13.2 Å². The number of nitrogens with one attached hydrogen (secondary N) is 1. The number of halogens is 2. The highest BCUT2D eigenvalue weighted by Crippen LogP contribution is 2.23. The van der Waals surface area contributed by atoms with Gasteiger partial charge in [0.05, 0.1) is 9.92 Å². The number of benzene rings is 2. The Bertz CT molecular complexity index is 1130. The van der Waals surface area contributed by atoms with Crippen LogP contribution in [0.3, 0.4) is 0 Å². The summed E-state index contributed by atoms with van der Waals surface area (Å²) in [6, 6.07) is 11.2. The van der Waals surface area contributed by atoms with E-state index in [0.29, 0.717) is 42.2 Å². The van der Waals surface area contributed by atoms with Crippen LogP contribution in [0.5, 0.6) is 0 Å². The topological polar surface area (TPSA) is 102 Å². The van der Waals surface area contributed by atoms with Gasteiger partial charge in [-0.25, -0.2) is 8.42 Å². The van der Waals surface area contributed by atoms with Gasteiger partial charge in [-0.3, -0.25) is 19.3 Å². The first-order chi connectivity index (χ1) is 14.8. The molecule has 0 aromatic heterocycles. The number of ether oxygens (including phenoxy) is 1. The van der Waals surface area contributed by atoms with Crippen molar-refractivity contribution < 1.29 is 22.7 Å². The molecule has 0 amide bonds. The number of carbonyl (C=O) groups excluding carboxylic acids is 2. The quantitative estimate of drug-likeness (QED) is 0.330. The zero-order chi connectivity index (χ0) is 22.4. The van der Waals surface area contributed by atoms with E-state index in [-0.39, 0.29) is 28.5 Å². The first-order valence-electron chi connectivity index (χ1n) is 9.58. The van der Waals surface area contributed by atoms with Gasteiger partial charge in [-0.2, -0.15) is 0 Å². The number of rotatable bonds is 9. The summed E-state index contributed by atoms with van der Waals surface area (Å²) in [4.78, 5) is 28.5. The van der Waals surface area contributed by atoms with E-state index in [4.69, 9.17) is 27.9 Å². The van der Waals surface area contributed by atoms with E-state index in [0.717, 1.165) is 0 Å². The van der Waals surface area contributed by atoms with Gasteiger partial charge in [0.1, 0.15) is 5.84 Å². The van der Waals surface area contributed by atoms with Crippen LogP contribution in [0.4, 0.5) is 0 Å². The van der Waals surface area contributed by atoms with Crippen molar-refractivity contribution in [1.29, 1.82) is 0 Å². The van der Waals surface area contributed by atoms with Crippen molar-refractivity contribution in [2.24, 2.45) is 4.99 Å². The van der Waals surface area contributed by atoms with Gasteiger partial charge in [0.15, 0.2) is 6.61 Å². The average molecular weight is 483 g/mol. The number of nitrogens with zero attached hydrogens (tertiary/aromatic N) is 1. The summed E-state index contributed by atoms with van der Waals surface area (Å²) >= 11 is 11.8. The number of aliphatic imine (C=N–C) groups is 1. The maximum Gasteiger partial charge on any atom is 0.306 e. The van der Waals surface area contributed by atoms with Crippen molar-refractivity contribution in [1.82, 2.24) is 4.72 Å². The zero-order valence-electron chi connectivity index (χ0n) is 16.4. The minimum Gasteiger partial charge on any atom is -0.457 e. The van der Waals surface area contributed by atoms with Crippen LogP contribution in [-0.2, 0) is 19.6 Å². The Kier molecular flexibility index (Phi) is 7.69. The van der Waals surface area contributed by atoms with Crippen LogP contribution in [-0.4, -0.2) is 39.2 Å². The maximum absolute atomic E-state index is 12.1. The predicted molar refractivity (Wildman–Crippen MR) is 118 cm³/mol. The monoisotopic (exact) mass is 482 g/mol. The van der Waals surface area contributed by atoms with Crippen molar-refractivity contribution in [3.8, 4) is 0 Å². The standard InChI is InChI=1S/C21H20Cl2N2O5S/c22-14-9-10-15(17(23)12-14)18(26)13-30-20(27)8-2-1-5-11-24-21-16-6-3-4-7-19(16)31(28,29)25-21/h3-4,6-7,9-10,12H,1-2,5,8,11,13H2,(H,24,25). The first-order valence-corrected chi connectivity index (χ1v) is 11.8. The third-order valence-corrected chi connectivity index (χ3v) is 6.51. The molecule has 164 valence electrons. The Morgan fingerprint density at radius 1 is 1.03 bits per heavy atom. The molecule has 0 radical (unpaired) electrons. The van der Waals surface area contributed by atoms with Crippen molar-refractivity contribution in [3.05, 3.63) is 63.6 Å². The molecule has 0 saturated carbocycles. The van der Waals surface area contributed by atoms with Gasteiger partial charge in [0.25, 0.3) is 10.0 Å². The van der Waals surface area contributed by atoms with Crippen molar-refractivity contribution in [2.45, 2.75) is 30.6 Å². The van der Waals surface area contributed by atoms with Gasteiger partial charge < -0.3 is 4.74 Å². The normalized spacial score (nSPS) is 15.4. The SMILES string of the molecule is O=C(CCCCCN=C1NS(=O)(=O)c2ccccc21)OCC(=O)c1ccc(Cl)cc1Cl. The van der Waals surface area contributed by atoms with E-state index in [2.05, 4.69) is 9.71 Å². The molecule has 3 rings (SSSR count). The molecular weight excluding hydrogens is 463 g/mol. The minimum absolute atomic E-state index is 0.174. The van der Waals surface area contributed by atoms with E-state index < -0.39 is 21.8 Å². The highest BCUT2D eigenvalue weighted by molar-refractivity contribution is 7.90. The summed E-state index contributed by atoms with van der Waals surface area (Å²) in [5.41, 5.74) is 0.818. The van der Waals surface area contributed by atoms with Crippen LogP contribution < -0.4 is 4.72 Å². The molecule has 10 heteroatoms. The first kappa shape index (κ1) is 23.2. The van der Waals surface area contributed by atoms with E-state index in [1.54, 1.807) is 24.3 Å². The molecule has 0 spiro atoms. The van der Waals surface area contributed by atoms with Gasteiger partial charge in [0.2, 0.25) is 5.78 Å². The predicted octanol–water partition coefficient (Wildman–Crippen LogP) is 4.02. The number of ketones is 1. The molecule has 1 N–H and O–H groups in total. The number of amidine groups is 1. The molecular formula is C21H20Cl2N2O5S.